The molecule has 0 spiro atoms. The molecule has 192 valence electrons. The zero-order valence-corrected chi connectivity index (χ0v) is 20.2. The summed E-state index contributed by atoms with van der Waals surface area (Å²) in [6, 6.07) is 3.56. The summed E-state index contributed by atoms with van der Waals surface area (Å²) in [6.07, 6.45) is -2.22. The van der Waals surface area contributed by atoms with Crippen molar-refractivity contribution in [1.29, 1.82) is 0 Å². The van der Waals surface area contributed by atoms with E-state index < -0.39 is 33.6 Å². The number of carbonyl (C=O) groups excluding carboxylic acids is 1. The van der Waals surface area contributed by atoms with E-state index in [-0.39, 0.29) is 27.6 Å². The Hall–Kier alpha value is -3.72. The number of rotatable bonds is 4. The Labute approximate surface area is 204 Å². The number of methoxy groups -OCH3 is 1. The summed E-state index contributed by atoms with van der Waals surface area (Å²) in [7, 11) is -2.50. The van der Waals surface area contributed by atoms with Crippen molar-refractivity contribution in [2.75, 3.05) is 19.0 Å². The van der Waals surface area contributed by atoms with Gasteiger partial charge in [-0.2, -0.15) is 18.3 Å². The van der Waals surface area contributed by atoms with Gasteiger partial charge in [0.1, 0.15) is 16.4 Å². The lowest BCUT2D eigenvalue weighted by Gasteiger charge is -2.30. The first-order chi connectivity index (χ1) is 16.8. The van der Waals surface area contributed by atoms with Gasteiger partial charge in [-0.3, -0.25) is 5.32 Å². The number of anilines is 1. The fourth-order valence-corrected chi connectivity index (χ4v) is 4.46. The number of hydrogen-bond donors (Lipinski definition) is 2. The van der Waals surface area contributed by atoms with Crippen LogP contribution in [0.15, 0.2) is 45.9 Å². The molecule has 3 N–H and O–H groups in total. The third-order valence-electron chi connectivity index (χ3n) is 5.14. The van der Waals surface area contributed by atoms with Crippen LogP contribution in [0.4, 0.5) is 23.8 Å². The largest absolute Gasteiger partial charge is 0.481 e. The molecular weight excluding hydrogens is 503 g/mol. The summed E-state index contributed by atoms with van der Waals surface area (Å²) in [6.45, 7) is 4.65. The number of nitrogens with one attached hydrogen (secondary N) is 1. The second-order valence-corrected chi connectivity index (χ2v) is 10.5. The van der Waals surface area contributed by atoms with E-state index in [2.05, 4.69) is 24.7 Å². The predicted octanol–water partition coefficient (Wildman–Crippen LogP) is 3.72. The van der Waals surface area contributed by atoms with Gasteiger partial charge in [-0.05, 0) is 23.8 Å². The Balaban J connectivity index is 1.71. The molecule has 1 aliphatic heterocycles. The number of pyridine rings is 2. The number of hydrogen-bond acceptors (Lipinski definition) is 7. The van der Waals surface area contributed by atoms with Crippen LogP contribution in [0.5, 0.6) is 11.8 Å². The third-order valence-corrected chi connectivity index (χ3v) is 6.48. The Bertz CT molecular complexity index is 1450. The summed E-state index contributed by atoms with van der Waals surface area (Å²) in [5, 5.41) is 12.1. The lowest BCUT2D eigenvalue weighted by atomic mass is 9.94. The normalized spacial score (nSPS) is 16.3. The van der Waals surface area contributed by atoms with Crippen LogP contribution >= 0.6 is 0 Å². The van der Waals surface area contributed by atoms with Gasteiger partial charge in [-0.15, -0.1) is 4.36 Å². The molecule has 4 rings (SSSR count). The van der Waals surface area contributed by atoms with Gasteiger partial charge in [0.2, 0.25) is 11.8 Å². The molecule has 15 heteroatoms. The molecule has 0 saturated heterocycles. The molecule has 0 bridgehead atoms. The highest BCUT2D eigenvalue weighted by atomic mass is 32.2. The van der Waals surface area contributed by atoms with Gasteiger partial charge < -0.3 is 9.47 Å². The van der Waals surface area contributed by atoms with Crippen LogP contribution in [0.3, 0.4) is 0 Å². The molecule has 1 atom stereocenters. The fraction of sp³-hybridized carbons (Fsp3) is 0.333. The Kier molecular flexibility index (Phi) is 6.38. The molecular formula is C21H22F3N7O4S. The zero-order valence-electron chi connectivity index (χ0n) is 19.4. The number of ether oxygens (including phenoxy) is 2. The first-order valence-electron chi connectivity index (χ1n) is 10.4. The van der Waals surface area contributed by atoms with Crippen LogP contribution in [0, 0.1) is 5.41 Å². The van der Waals surface area contributed by atoms with E-state index in [4.69, 9.17) is 14.6 Å². The highest BCUT2D eigenvalue weighted by molar-refractivity contribution is 7.91. The summed E-state index contributed by atoms with van der Waals surface area (Å²) in [5.74, 6) is -0.175. The molecule has 3 aromatic heterocycles. The molecule has 1 aliphatic rings. The third kappa shape index (κ3) is 5.26. The Morgan fingerprint density at radius 2 is 2.08 bits per heavy atom. The molecule has 2 amide bonds. The molecule has 4 heterocycles. The van der Waals surface area contributed by atoms with E-state index >= 15 is 0 Å². The van der Waals surface area contributed by atoms with Crippen LogP contribution in [0.25, 0.3) is 11.1 Å². The number of urea groups is 1. The van der Waals surface area contributed by atoms with E-state index in [0.717, 1.165) is 12.1 Å². The zero-order chi connectivity index (χ0) is 26.3. The van der Waals surface area contributed by atoms with Crippen LogP contribution in [-0.4, -0.2) is 43.7 Å². The number of alkyl halides is 3. The minimum Gasteiger partial charge on any atom is -0.481 e. The molecule has 0 unspecified atom stereocenters. The van der Waals surface area contributed by atoms with Crippen LogP contribution < -0.4 is 19.9 Å². The van der Waals surface area contributed by atoms with Crippen molar-refractivity contribution in [3.05, 3.63) is 42.4 Å². The number of halogens is 3. The van der Waals surface area contributed by atoms with Crippen molar-refractivity contribution in [3.63, 3.8) is 0 Å². The summed E-state index contributed by atoms with van der Waals surface area (Å²) in [5.41, 5.74) is -1.02. The number of nitrogens with zero attached hydrogens (tertiary/aromatic N) is 5. The fourth-order valence-electron chi connectivity index (χ4n) is 3.46. The van der Waals surface area contributed by atoms with Gasteiger partial charge in [0.25, 0.3) is 0 Å². The van der Waals surface area contributed by atoms with Crippen molar-refractivity contribution in [2.45, 2.75) is 31.5 Å². The Morgan fingerprint density at radius 3 is 2.78 bits per heavy atom. The molecule has 0 saturated carbocycles. The summed E-state index contributed by atoms with van der Waals surface area (Å²) >= 11 is 0. The van der Waals surface area contributed by atoms with Gasteiger partial charge in [-0.25, -0.2) is 28.8 Å². The maximum Gasteiger partial charge on any atom is 0.433 e. The second kappa shape index (κ2) is 9.05. The maximum atomic E-state index is 13.3. The summed E-state index contributed by atoms with van der Waals surface area (Å²) < 4.78 is 68.7. The minimum absolute atomic E-state index is 0.107. The van der Waals surface area contributed by atoms with E-state index in [9.17, 15) is 22.2 Å². The molecule has 0 aliphatic carbocycles. The van der Waals surface area contributed by atoms with E-state index in [1.165, 1.54) is 36.3 Å². The number of aromatic nitrogens is 4. The second-order valence-electron chi connectivity index (χ2n) is 8.69. The van der Waals surface area contributed by atoms with Crippen molar-refractivity contribution in [2.24, 2.45) is 14.9 Å². The Morgan fingerprint density at radius 1 is 1.33 bits per heavy atom. The average Bonchev–Trinajstić information content (AvgIpc) is 3.21. The van der Waals surface area contributed by atoms with Gasteiger partial charge in [0.15, 0.2) is 9.92 Å². The van der Waals surface area contributed by atoms with Gasteiger partial charge in [-0.1, -0.05) is 13.8 Å². The predicted molar refractivity (Wildman–Crippen MR) is 123 cm³/mol. The van der Waals surface area contributed by atoms with E-state index in [1.54, 1.807) is 0 Å². The quantitative estimate of drug-likeness (QED) is 0.528. The van der Waals surface area contributed by atoms with Crippen molar-refractivity contribution < 1.29 is 31.6 Å². The number of nitrogens with two attached hydrogens (primary N) is 1. The van der Waals surface area contributed by atoms with Gasteiger partial charge >= 0.3 is 12.2 Å². The molecule has 0 fully saturated rings. The van der Waals surface area contributed by atoms with E-state index in [0.29, 0.717) is 18.7 Å². The highest BCUT2D eigenvalue weighted by Crippen LogP contribution is 2.35. The standard InChI is InChI=1S/C21H22F3N7O4S/c1-20(2)10-31-18(35-11-20)14(9-27-31)36(25,33)30-19(32)29-17-13(4-5-15(28-17)21(22,23)24)12-6-7-26-16(8-12)34-3/h4-9H,10-11H2,1-3H3,(H3,25,28,29,30,32,33)/t36-/m0/s1. The molecule has 3 aromatic rings. The van der Waals surface area contributed by atoms with Crippen molar-refractivity contribution in [3.8, 4) is 22.9 Å². The SMILES string of the molecule is COc1cc(-c2ccc(C(F)(F)F)nc2NC(=O)N=[S@](N)(=O)c2cnn3c2OCC(C)(C)C3)ccn1. The number of fused-ring (bicyclic) bond motifs is 1. The van der Waals surface area contributed by atoms with Crippen LogP contribution in [0.2, 0.25) is 0 Å². The van der Waals surface area contributed by atoms with Gasteiger partial charge in [0, 0.05) is 23.2 Å². The van der Waals surface area contributed by atoms with Gasteiger partial charge in [0.05, 0.1) is 26.5 Å². The topological polar surface area (TPSA) is 147 Å². The molecule has 0 aromatic carbocycles. The number of carbonyl (C=O) groups is 1. The highest BCUT2D eigenvalue weighted by Gasteiger charge is 2.34. The van der Waals surface area contributed by atoms with Crippen molar-refractivity contribution in [1.82, 2.24) is 19.7 Å². The van der Waals surface area contributed by atoms with Crippen molar-refractivity contribution >= 4 is 21.8 Å². The smallest absolute Gasteiger partial charge is 0.433 e. The monoisotopic (exact) mass is 525 g/mol. The summed E-state index contributed by atoms with van der Waals surface area (Å²) in [4.78, 5) is 20.1. The minimum atomic E-state index is -4.78. The van der Waals surface area contributed by atoms with Crippen LogP contribution in [0.1, 0.15) is 19.5 Å². The first kappa shape index (κ1) is 25.4. The lowest BCUT2D eigenvalue weighted by Crippen LogP contribution is -2.33. The lowest BCUT2D eigenvalue weighted by molar-refractivity contribution is -0.141. The molecule has 0 radical (unpaired) electrons. The molecule has 36 heavy (non-hydrogen) atoms. The molecule has 11 nitrogen and oxygen atoms in total. The van der Waals surface area contributed by atoms with Crippen LogP contribution in [-0.2, 0) is 22.6 Å². The average molecular weight is 526 g/mol. The maximum absolute atomic E-state index is 13.3. The van der Waals surface area contributed by atoms with E-state index in [1.807, 2.05) is 13.8 Å². The first-order valence-corrected chi connectivity index (χ1v) is 12.0. The number of amides is 2.